The molecule has 0 saturated heterocycles. The molecule has 18 heavy (non-hydrogen) atoms. The number of aromatic nitrogens is 2. The number of halogens is 1. The molecule has 0 fully saturated rings. The largest absolute Gasteiger partial charge is 0.453 e. The molecule has 5 heteroatoms. The molecule has 0 aliphatic carbocycles. The van der Waals surface area contributed by atoms with E-state index in [4.69, 9.17) is 11.6 Å². The van der Waals surface area contributed by atoms with Crippen LogP contribution in [0.5, 0.6) is 0 Å². The van der Waals surface area contributed by atoms with Gasteiger partial charge < -0.3 is 4.74 Å². The summed E-state index contributed by atoms with van der Waals surface area (Å²) in [6, 6.07) is 5.26. The van der Waals surface area contributed by atoms with Gasteiger partial charge in [-0.25, -0.2) is 4.98 Å². The Hall–Kier alpha value is -2.12. The number of ether oxygens (including phenoxy) is 1. The molecule has 0 unspecified atom stereocenters. The van der Waals surface area contributed by atoms with Gasteiger partial charge in [0.25, 0.3) is 0 Å². The summed E-state index contributed by atoms with van der Waals surface area (Å²) in [4.78, 5) is 19.0. The van der Waals surface area contributed by atoms with Crippen molar-refractivity contribution in [3.63, 3.8) is 0 Å². The quantitative estimate of drug-likeness (QED) is 0.583. The molecule has 4 nitrogen and oxygen atoms in total. The summed E-state index contributed by atoms with van der Waals surface area (Å²) in [5, 5.41) is 0.616. The molecule has 2 rings (SSSR count). The van der Waals surface area contributed by atoms with Gasteiger partial charge in [0.2, 0.25) is 0 Å². The third kappa shape index (κ3) is 3.19. The topological polar surface area (TPSA) is 52.1 Å². The summed E-state index contributed by atoms with van der Waals surface area (Å²) in [5.74, 6) is 5.10. The molecule has 0 atom stereocenters. The fourth-order valence-electron chi connectivity index (χ4n) is 1.31. The molecule has 0 radical (unpaired) electrons. The van der Waals surface area contributed by atoms with Crippen LogP contribution in [-0.2, 0) is 9.53 Å². The predicted molar refractivity (Wildman–Crippen MR) is 68.1 cm³/mol. The Morgan fingerprint density at radius 1 is 1.44 bits per heavy atom. The molecule has 0 bridgehead atoms. The highest BCUT2D eigenvalue weighted by Gasteiger charge is 1.98. The Morgan fingerprint density at radius 3 is 3.06 bits per heavy atom. The number of carbonyl (C=O) groups is 1. The molecule has 0 aliphatic heterocycles. The average Bonchev–Trinajstić information content (AvgIpc) is 2.34. The third-order valence-electron chi connectivity index (χ3n) is 2.07. The minimum atomic E-state index is -0.358. The van der Waals surface area contributed by atoms with E-state index in [1.807, 2.05) is 0 Å². The van der Waals surface area contributed by atoms with Gasteiger partial charge in [-0.3, -0.25) is 9.78 Å². The number of carbonyl (C=O) groups excluding carboxylic acids is 1. The molecule has 1 heterocycles. The number of benzene rings is 1. The Kier molecular flexibility index (Phi) is 3.75. The first kappa shape index (κ1) is 12.3. The maximum atomic E-state index is 10.5. The van der Waals surface area contributed by atoms with Crippen molar-refractivity contribution in [3.8, 4) is 11.8 Å². The SMILES string of the molecule is CC(=O)OCC#Cc1cnc2cc(Cl)ccc2n1. The highest BCUT2D eigenvalue weighted by Crippen LogP contribution is 2.15. The molecule has 1 aromatic heterocycles. The summed E-state index contributed by atoms with van der Waals surface area (Å²) >= 11 is 5.85. The average molecular weight is 261 g/mol. The van der Waals surface area contributed by atoms with E-state index in [9.17, 15) is 4.79 Å². The van der Waals surface area contributed by atoms with Crippen LogP contribution < -0.4 is 0 Å². The van der Waals surface area contributed by atoms with E-state index >= 15 is 0 Å². The Morgan fingerprint density at radius 2 is 2.28 bits per heavy atom. The summed E-state index contributed by atoms with van der Waals surface area (Å²) in [6.45, 7) is 1.39. The maximum absolute atomic E-state index is 10.5. The highest BCUT2D eigenvalue weighted by atomic mass is 35.5. The third-order valence-corrected chi connectivity index (χ3v) is 2.30. The molecule has 0 saturated carbocycles. The van der Waals surface area contributed by atoms with Crippen molar-refractivity contribution < 1.29 is 9.53 Å². The Balaban J connectivity index is 2.20. The van der Waals surface area contributed by atoms with Crippen molar-refractivity contribution in [2.75, 3.05) is 6.61 Å². The zero-order valence-electron chi connectivity index (χ0n) is 9.61. The first-order chi connectivity index (χ1) is 8.65. The second kappa shape index (κ2) is 5.48. The lowest BCUT2D eigenvalue weighted by Crippen LogP contribution is -1.98. The number of fused-ring (bicyclic) bond motifs is 1. The number of hydrogen-bond donors (Lipinski definition) is 0. The van der Waals surface area contributed by atoms with Crippen LogP contribution in [0.1, 0.15) is 12.6 Å². The summed E-state index contributed by atoms with van der Waals surface area (Å²) in [7, 11) is 0. The van der Waals surface area contributed by atoms with E-state index in [2.05, 4.69) is 26.5 Å². The number of nitrogens with zero attached hydrogens (tertiary/aromatic N) is 2. The summed E-state index contributed by atoms with van der Waals surface area (Å²) in [5.41, 5.74) is 1.96. The normalized spacial score (nSPS) is 9.67. The van der Waals surface area contributed by atoms with Crippen molar-refractivity contribution in [1.29, 1.82) is 0 Å². The monoisotopic (exact) mass is 260 g/mol. The van der Waals surface area contributed by atoms with Crippen LogP contribution in [0.25, 0.3) is 11.0 Å². The van der Waals surface area contributed by atoms with Gasteiger partial charge in [-0.15, -0.1) is 0 Å². The molecule has 1 aromatic carbocycles. The van der Waals surface area contributed by atoms with Crippen LogP contribution >= 0.6 is 11.6 Å². The Bertz CT molecular complexity index is 659. The molecule has 0 amide bonds. The number of hydrogen-bond acceptors (Lipinski definition) is 4. The van der Waals surface area contributed by atoms with Crippen molar-refractivity contribution in [3.05, 3.63) is 35.1 Å². The Labute approximate surface area is 109 Å². The van der Waals surface area contributed by atoms with Crippen molar-refractivity contribution in [2.24, 2.45) is 0 Å². The lowest BCUT2D eigenvalue weighted by atomic mass is 10.3. The van der Waals surface area contributed by atoms with E-state index in [0.29, 0.717) is 16.2 Å². The first-order valence-electron chi connectivity index (χ1n) is 5.20. The minimum absolute atomic E-state index is 0.0513. The number of rotatable bonds is 1. The second-order valence-corrected chi connectivity index (χ2v) is 3.91. The lowest BCUT2D eigenvalue weighted by Gasteiger charge is -1.97. The fourth-order valence-corrected chi connectivity index (χ4v) is 1.47. The molecule has 0 aliphatic rings. The molecular weight excluding hydrogens is 252 g/mol. The van der Waals surface area contributed by atoms with Crippen molar-refractivity contribution in [2.45, 2.75) is 6.92 Å². The predicted octanol–water partition coefficient (Wildman–Crippen LogP) is 2.20. The first-order valence-corrected chi connectivity index (χ1v) is 5.57. The fraction of sp³-hybridized carbons (Fsp3) is 0.154. The van der Waals surface area contributed by atoms with Crippen LogP contribution in [0, 0.1) is 11.8 Å². The van der Waals surface area contributed by atoms with Gasteiger partial charge in [-0.2, -0.15) is 0 Å². The highest BCUT2D eigenvalue weighted by molar-refractivity contribution is 6.31. The smallest absolute Gasteiger partial charge is 0.303 e. The van der Waals surface area contributed by atoms with Crippen LogP contribution in [-0.4, -0.2) is 22.5 Å². The number of esters is 1. The molecule has 2 aromatic rings. The van der Waals surface area contributed by atoms with Gasteiger partial charge in [0, 0.05) is 11.9 Å². The van der Waals surface area contributed by atoms with Gasteiger partial charge in [-0.05, 0) is 24.1 Å². The molecule has 90 valence electrons. The van der Waals surface area contributed by atoms with Crippen molar-refractivity contribution in [1.82, 2.24) is 9.97 Å². The molecule has 0 spiro atoms. The van der Waals surface area contributed by atoms with E-state index < -0.39 is 0 Å². The summed E-state index contributed by atoms with van der Waals surface area (Å²) < 4.78 is 4.69. The van der Waals surface area contributed by atoms with Crippen LogP contribution in [0.2, 0.25) is 5.02 Å². The summed E-state index contributed by atoms with van der Waals surface area (Å²) in [6.07, 6.45) is 1.55. The van der Waals surface area contributed by atoms with Crippen LogP contribution in [0.3, 0.4) is 0 Å². The van der Waals surface area contributed by atoms with Gasteiger partial charge in [0.05, 0.1) is 17.2 Å². The zero-order chi connectivity index (χ0) is 13.0. The van der Waals surface area contributed by atoms with Crippen LogP contribution in [0.4, 0.5) is 0 Å². The van der Waals surface area contributed by atoms with Crippen molar-refractivity contribution >= 4 is 28.6 Å². The molecule has 0 N–H and O–H groups in total. The molecular formula is C13H9ClN2O2. The second-order valence-electron chi connectivity index (χ2n) is 3.47. The van der Waals surface area contributed by atoms with E-state index in [-0.39, 0.29) is 12.6 Å². The van der Waals surface area contributed by atoms with Gasteiger partial charge in [-0.1, -0.05) is 17.5 Å². The van der Waals surface area contributed by atoms with Crippen LogP contribution in [0.15, 0.2) is 24.4 Å². The van der Waals surface area contributed by atoms with Gasteiger partial charge in [0.1, 0.15) is 5.69 Å². The van der Waals surface area contributed by atoms with E-state index in [1.165, 1.54) is 6.92 Å². The maximum Gasteiger partial charge on any atom is 0.303 e. The van der Waals surface area contributed by atoms with E-state index in [1.54, 1.807) is 24.4 Å². The lowest BCUT2D eigenvalue weighted by molar-refractivity contribution is -0.139. The van der Waals surface area contributed by atoms with Gasteiger partial charge >= 0.3 is 5.97 Å². The minimum Gasteiger partial charge on any atom is -0.453 e. The zero-order valence-corrected chi connectivity index (χ0v) is 10.4. The van der Waals surface area contributed by atoms with Gasteiger partial charge in [0.15, 0.2) is 6.61 Å². The standard InChI is InChI=1S/C13H9ClN2O2/c1-9(17)18-6-2-3-11-8-15-13-7-10(14)4-5-12(13)16-11/h4-5,7-8H,6H2,1H3. The van der Waals surface area contributed by atoms with E-state index in [0.717, 1.165) is 5.52 Å².